The van der Waals surface area contributed by atoms with Gasteiger partial charge in [0.05, 0.1) is 30.8 Å². The van der Waals surface area contributed by atoms with Crippen LogP contribution in [-0.2, 0) is 4.74 Å². The normalized spacial score (nSPS) is 13.8. The molecule has 2 aromatic carbocycles. The lowest BCUT2D eigenvalue weighted by atomic mass is 9.99. The van der Waals surface area contributed by atoms with E-state index in [-0.39, 0.29) is 5.56 Å². The summed E-state index contributed by atoms with van der Waals surface area (Å²) in [5, 5.41) is 9.43. The summed E-state index contributed by atoms with van der Waals surface area (Å²) >= 11 is 4.83. The number of hydrogen-bond acceptors (Lipinski definition) is 5. The molecule has 136 valence electrons. The number of carboxylic acid groups (broad SMARTS) is 1. The van der Waals surface area contributed by atoms with Crippen LogP contribution < -0.4 is 9.46 Å². The van der Waals surface area contributed by atoms with Crippen molar-refractivity contribution in [3.05, 3.63) is 58.1 Å². The molecule has 0 aliphatic carbocycles. The maximum absolute atomic E-state index is 11.5. The van der Waals surface area contributed by atoms with Gasteiger partial charge in [0.25, 0.3) is 0 Å². The molecule has 1 aliphatic rings. The minimum absolute atomic E-state index is 0.249. The molecule has 0 amide bonds. The van der Waals surface area contributed by atoms with Crippen LogP contribution in [0.1, 0.15) is 22.3 Å². The largest absolute Gasteiger partial charge is 0.496 e. The van der Waals surface area contributed by atoms with Gasteiger partial charge in [-0.3, -0.25) is 0 Å². The van der Waals surface area contributed by atoms with E-state index < -0.39 is 5.97 Å². The van der Waals surface area contributed by atoms with Crippen LogP contribution in [0.5, 0.6) is 5.75 Å². The second-order valence-corrected chi connectivity index (χ2v) is 7.42. The van der Waals surface area contributed by atoms with Crippen molar-refractivity contribution < 1.29 is 19.4 Å². The van der Waals surface area contributed by atoms with Crippen molar-refractivity contribution in [2.45, 2.75) is 11.3 Å². The van der Waals surface area contributed by atoms with Crippen LogP contribution in [0.25, 0.3) is 5.57 Å². The molecule has 1 heterocycles. The second kappa shape index (κ2) is 8.62. The average Bonchev–Trinajstić information content (AvgIpc) is 2.67. The van der Waals surface area contributed by atoms with E-state index in [4.69, 9.17) is 9.47 Å². The van der Waals surface area contributed by atoms with Crippen molar-refractivity contribution in [3.8, 4) is 5.75 Å². The Labute approximate surface area is 164 Å². The summed E-state index contributed by atoms with van der Waals surface area (Å²) in [6, 6.07) is 11.0. The van der Waals surface area contributed by atoms with Crippen LogP contribution in [-0.4, -0.2) is 31.4 Å². The highest BCUT2D eigenvalue weighted by Gasteiger charge is 2.13. The van der Waals surface area contributed by atoms with E-state index in [0.717, 1.165) is 38.4 Å². The van der Waals surface area contributed by atoms with Crippen molar-refractivity contribution in [1.82, 2.24) is 0 Å². The van der Waals surface area contributed by atoms with Gasteiger partial charge in [0, 0.05) is 10.2 Å². The van der Waals surface area contributed by atoms with Crippen LogP contribution in [0, 0.1) is 0 Å². The molecule has 7 heteroatoms. The minimum Gasteiger partial charge on any atom is -0.496 e. The summed E-state index contributed by atoms with van der Waals surface area (Å²) in [7, 11) is 1.62. The molecule has 1 aliphatic heterocycles. The third kappa shape index (κ3) is 4.60. The number of carbonyl (C=O) groups is 1. The first-order valence-electron chi connectivity index (χ1n) is 7.99. The Hall–Kier alpha value is -1.96. The van der Waals surface area contributed by atoms with Gasteiger partial charge in [-0.25, -0.2) is 4.79 Å². The van der Waals surface area contributed by atoms with Gasteiger partial charge in [-0.2, -0.15) is 0 Å². The average molecular weight is 436 g/mol. The third-order valence-corrected chi connectivity index (χ3v) is 5.29. The van der Waals surface area contributed by atoms with Gasteiger partial charge in [0.1, 0.15) is 5.75 Å². The lowest BCUT2D eigenvalue weighted by molar-refractivity contribution is 0.0697. The number of methoxy groups -OCH3 is 1. The van der Waals surface area contributed by atoms with Crippen molar-refractivity contribution in [2.75, 3.05) is 25.0 Å². The molecule has 0 bridgehead atoms. The zero-order valence-corrected chi connectivity index (χ0v) is 16.5. The molecule has 3 rings (SSSR count). The highest BCUT2D eigenvalue weighted by molar-refractivity contribution is 9.10. The first kappa shape index (κ1) is 18.8. The molecule has 0 aromatic heterocycles. The number of ether oxygens (including phenoxy) is 2. The van der Waals surface area contributed by atoms with Gasteiger partial charge in [0.2, 0.25) is 0 Å². The number of rotatable bonds is 6. The Morgan fingerprint density at radius 2 is 2.15 bits per heavy atom. The highest BCUT2D eigenvalue weighted by atomic mass is 79.9. The van der Waals surface area contributed by atoms with Crippen molar-refractivity contribution in [3.63, 3.8) is 0 Å². The Bertz CT molecular complexity index is 853. The zero-order valence-electron chi connectivity index (χ0n) is 14.1. The van der Waals surface area contributed by atoms with Gasteiger partial charge < -0.3 is 19.3 Å². The van der Waals surface area contributed by atoms with Crippen LogP contribution in [0.2, 0.25) is 0 Å². The fourth-order valence-corrected chi connectivity index (χ4v) is 3.92. The number of carboxylic acids is 1. The molecule has 0 fully saturated rings. The monoisotopic (exact) mass is 435 g/mol. The number of nitrogens with one attached hydrogen (secondary N) is 1. The number of benzene rings is 2. The Morgan fingerprint density at radius 1 is 1.31 bits per heavy atom. The molecule has 5 nitrogen and oxygen atoms in total. The molecule has 0 atom stereocenters. The van der Waals surface area contributed by atoms with Crippen LogP contribution in [0.15, 0.2) is 51.8 Å². The quantitative estimate of drug-likeness (QED) is 0.616. The van der Waals surface area contributed by atoms with E-state index >= 15 is 0 Å². The summed E-state index contributed by atoms with van der Waals surface area (Å²) in [5.74, 6) is -0.208. The van der Waals surface area contributed by atoms with Gasteiger partial charge in [-0.1, -0.05) is 22.0 Å². The molecule has 2 N–H and O–H groups in total. The first-order valence-corrected chi connectivity index (χ1v) is 9.59. The van der Waals surface area contributed by atoms with Gasteiger partial charge in [-0.15, -0.1) is 0 Å². The highest BCUT2D eigenvalue weighted by Crippen LogP contribution is 2.34. The smallest absolute Gasteiger partial charge is 0.335 e. The Morgan fingerprint density at radius 3 is 2.85 bits per heavy atom. The van der Waals surface area contributed by atoms with Crippen molar-refractivity contribution in [2.24, 2.45) is 0 Å². The lowest BCUT2D eigenvalue weighted by Gasteiger charge is -2.16. The lowest BCUT2D eigenvalue weighted by Crippen LogP contribution is -2.05. The number of anilines is 1. The van der Waals surface area contributed by atoms with E-state index in [1.54, 1.807) is 19.2 Å². The van der Waals surface area contributed by atoms with Crippen LogP contribution in [0.3, 0.4) is 0 Å². The van der Waals surface area contributed by atoms with E-state index in [9.17, 15) is 9.90 Å². The Balaban J connectivity index is 1.87. The Kier molecular flexibility index (Phi) is 6.24. The van der Waals surface area contributed by atoms with E-state index in [2.05, 4.69) is 20.7 Å². The fraction of sp³-hybridized carbons (Fsp3) is 0.211. The molecule has 0 unspecified atom stereocenters. The van der Waals surface area contributed by atoms with Crippen LogP contribution in [0.4, 0.5) is 5.69 Å². The molecule has 26 heavy (non-hydrogen) atoms. The zero-order chi connectivity index (χ0) is 18.5. The summed E-state index contributed by atoms with van der Waals surface area (Å²) in [6.45, 7) is 1.20. The maximum atomic E-state index is 11.5. The predicted octanol–water partition coefficient (Wildman–Crippen LogP) is 5.08. The number of aromatic carboxylic acids is 1. The third-order valence-electron chi connectivity index (χ3n) is 3.92. The van der Waals surface area contributed by atoms with Gasteiger partial charge in [-0.05, 0) is 65.9 Å². The molecule has 0 spiro atoms. The van der Waals surface area contributed by atoms with E-state index in [0.29, 0.717) is 13.2 Å². The van der Waals surface area contributed by atoms with Crippen molar-refractivity contribution in [1.29, 1.82) is 0 Å². The summed E-state index contributed by atoms with van der Waals surface area (Å²) in [6.07, 6.45) is 2.77. The standard InChI is InChI=1S/C19H18BrNO4S/c1-24-17-3-2-15(20)11-18(17)26-21-16-9-13(8-14(10-16)19(22)23)12-4-6-25-7-5-12/h2-4,8-11,21H,5-7H2,1H3,(H,22,23). The molecular formula is C19H18BrNO4S. The second-order valence-electron chi connectivity index (χ2n) is 5.66. The molecule has 0 saturated carbocycles. The maximum Gasteiger partial charge on any atom is 0.335 e. The van der Waals surface area contributed by atoms with E-state index in [1.807, 2.05) is 30.3 Å². The number of hydrogen-bond donors (Lipinski definition) is 2. The fourth-order valence-electron chi connectivity index (χ4n) is 2.63. The molecule has 0 saturated heterocycles. The molecular weight excluding hydrogens is 418 g/mol. The van der Waals surface area contributed by atoms with Gasteiger partial charge >= 0.3 is 5.97 Å². The van der Waals surface area contributed by atoms with Gasteiger partial charge in [0.15, 0.2) is 0 Å². The SMILES string of the molecule is COc1ccc(Br)cc1SNc1cc(C(=O)O)cc(C2=CCOCC2)c1. The van der Waals surface area contributed by atoms with Crippen molar-refractivity contribution >= 4 is 45.1 Å². The summed E-state index contributed by atoms with van der Waals surface area (Å²) in [4.78, 5) is 12.4. The van der Waals surface area contributed by atoms with Crippen LogP contribution >= 0.6 is 27.9 Å². The predicted molar refractivity (Wildman–Crippen MR) is 107 cm³/mol. The summed E-state index contributed by atoms with van der Waals surface area (Å²) in [5.41, 5.74) is 2.98. The number of halogens is 1. The topological polar surface area (TPSA) is 67.8 Å². The van der Waals surface area contributed by atoms with E-state index in [1.165, 1.54) is 11.9 Å². The summed E-state index contributed by atoms with van der Waals surface area (Å²) < 4.78 is 14.9. The first-order chi connectivity index (χ1) is 12.6. The minimum atomic E-state index is -0.951. The molecule has 2 aromatic rings. The molecule has 0 radical (unpaired) electrons.